The molecular weight excluding hydrogens is 345 g/mol. The van der Waals surface area contributed by atoms with Crippen LogP contribution in [0.15, 0.2) is 48.5 Å². The van der Waals surface area contributed by atoms with E-state index in [0.717, 1.165) is 30.8 Å². The van der Waals surface area contributed by atoms with Gasteiger partial charge in [0.1, 0.15) is 5.82 Å². The van der Waals surface area contributed by atoms with Gasteiger partial charge in [-0.2, -0.15) is 0 Å². The molecule has 0 unspecified atom stereocenters. The number of nitrogens with one attached hydrogen (secondary N) is 1. The smallest absolute Gasteiger partial charge is 0.274 e. The van der Waals surface area contributed by atoms with Crippen molar-refractivity contribution in [3.05, 3.63) is 71.0 Å². The Morgan fingerprint density at radius 1 is 1.07 bits per heavy atom. The third-order valence-electron chi connectivity index (χ3n) is 5.21. The molecule has 144 valence electrons. The van der Waals surface area contributed by atoms with E-state index >= 15 is 0 Å². The first-order chi connectivity index (χ1) is 13.0. The summed E-state index contributed by atoms with van der Waals surface area (Å²) in [6, 6.07) is 14.8. The van der Waals surface area contributed by atoms with Crippen LogP contribution in [0.1, 0.15) is 35.3 Å². The number of amides is 1. The largest absolute Gasteiger partial charge is 0.296 e. The van der Waals surface area contributed by atoms with Crippen LogP contribution in [0.3, 0.4) is 0 Å². The van der Waals surface area contributed by atoms with E-state index in [-0.39, 0.29) is 5.82 Å². The second-order valence-electron chi connectivity index (χ2n) is 7.29. The summed E-state index contributed by atoms with van der Waals surface area (Å²) >= 11 is 0. The summed E-state index contributed by atoms with van der Waals surface area (Å²) < 4.78 is 14.0. The van der Waals surface area contributed by atoms with Crippen LogP contribution in [0.4, 0.5) is 4.39 Å². The summed E-state index contributed by atoms with van der Waals surface area (Å²) in [5.41, 5.74) is 3.92. The van der Waals surface area contributed by atoms with Gasteiger partial charge in [-0.05, 0) is 37.6 Å². The summed E-state index contributed by atoms with van der Waals surface area (Å²) in [6.07, 6.45) is 0. The number of carbonyl (C=O) groups excluding carboxylic acids is 1. The highest BCUT2D eigenvalue weighted by atomic mass is 19.1. The molecule has 0 spiro atoms. The highest BCUT2D eigenvalue weighted by Gasteiger charge is 2.29. The molecule has 5 nitrogen and oxygen atoms in total. The molecule has 0 saturated carbocycles. The number of rotatable bonds is 5. The molecule has 2 N–H and O–H groups in total. The lowest BCUT2D eigenvalue weighted by atomic mass is 10.0. The Morgan fingerprint density at radius 3 is 2.30 bits per heavy atom. The fourth-order valence-corrected chi connectivity index (χ4v) is 3.81. The number of halogens is 1. The summed E-state index contributed by atoms with van der Waals surface area (Å²) in [5.74, 6) is -0.656. The molecule has 3 rings (SSSR count). The number of piperazine rings is 1. The van der Waals surface area contributed by atoms with Crippen molar-refractivity contribution in [2.24, 2.45) is 0 Å². The highest BCUT2D eigenvalue weighted by Crippen LogP contribution is 2.21. The van der Waals surface area contributed by atoms with Crippen LogP contribution in [0.2, 0.25) is 0 Å². The third-order valence-corrected chi connectivity index (χ3v) is 5.21. The lowest BCUT2D eigenvalue weighted by Crippen LogP contribution is -2.55. The molecule has 27 heavy (non-hydrogen) atoms. The number of carbonyl (C=O) groups is 1. The fourth-order valence-electron chi connectivity index (χ4n) is 3.81. The second kappa shape index (κ2) is 8.61. The first-order valence-corrected chi connectivity index (χ1v) is 9.23. The molecule has 2 atom stereocenters. The Labute approximate surface area is 159 Å². The van der Waals surface area contributed by atoms with Gasteiger partial charge >= 0.3 is 0 Å². The van der Waals surface area contributed by atoms with Crippen molar-refractivity contribution in [3.8, 4) is 0 Å². The van der Waals surface area contributed by atoms with Crippen molar-refractivity contribution in [1.29, 1.82) is 0 Å². The summed E-state index contributed by atoms with van der Waals surface area (Å²) in [7, 11) is 0. The molecule has 0 bridgehead atoms. The Hall–Kier alpha value is -2.28. The van der Waals surface area contributed by atoms with E-state index in [1.54, 1.807) is 23.7 Å². The van der Waals surface area contributed by atoms with Crippen LogP contribution in [-0.4, -0.2) is 46.1 Å². The van der Waals surface area contributed by atoms with Gasteiger partial charge in [0.15, 0.2) is 0 Å². The maximum Gasteiger partial charge on any atom is 0.274 e. The molecule has 1 aliphatic heterocycles. The number of hydroxylamine groups is 1. The van der Waals surface area contributed by atoms with Crippen LogP contribution in [-0.2, 0) is 13.1 Å². The van der Waals surface area contributed by atoms with E-state index in [0.29, 0.717) is 24.2 Å². The second-order valence-corrected chi connectivity index (χ2v) is 7.29. The summed E-state index contributed by atoms with van der Waals surface area (Å²) in [6.45, 7) is 7.57. The van der Waals surface area contributed by atoms with Crippen LogP contribution in [0.25, 0.3) is 0 Å². The zero-order valence-corrected chi connectivity index (χ0v) is 15.7. The van der Waals surface area contributed by atoms with Gasteiger partial charge in [0.05, 0.1) is 0 Å². The Balaban J connectivity index is 1.61. The average Bonchev–Trinajstić information content (AvgIpc) is 2.66. The van der Waals surface area contributed by atoms with Gasteiger partial charge in [-0.15, -0.1) is 0 Å². The predicted octanol–water partition coefficient (Wildman–Crippen LogP) is 3.04. The Morgan fingerprint density at radius 2 is 1.70 bits per heavy atom. The lowest BCUT2D eigenvalue weighted by Gasteiger charge is -2.44. The maximum absolute atomic E-state index is 14.0. The van der Waals surface area contributed by atoms with Crippen molar-refractivity contribution in [2.45, 2.75) is 39.0 Å². The molecular formula is C21H26FN3O2. The van der Waals surface area contributed by atoms with Gasteiger partial charge in [0.25, 0.3) is 5.91 Å². The van der Waals surface area contributed by atoms with Crippen LogP contribution in [0, 0.1) is 5.82 Å². The first-order valence-electron chi connectivity index (χ1n) is 9.23. The van der Waals surface area contributed by atoms with Crippen molar-refractivity contribution in [1.82, 2.24) is 15.3 Å². The van der Waals surface area contributed by atoms with Crippen LogP contribution < -0.4 is 5.48 Å². The first kappa shape index (κ1) is 19.5. The van der Waals surface area contributed by atoms with E-state index in [1.165, 1.54) is 6.07 Å². The van der Waals surface area contributed by atoms with E-state index in [2.05, 4.69) is 23.6 Å². The molecule has 1 heterocycles. The van der Waals surface area contributed by atoms with Crippen LogP contribution in [0.5, 0.6) is 0 Å². The lowest BCUT2D eigenvalue weighted by molar-refractivity contribution is 0.0283. The minimum absolute atomic E-state index is 0.147. The molecule has 0 radical (unpaired) electrons. The highest BCUT2D eigenvalue weighted by molar-refractivity contribution is 5.93. The van der Waals surface area contributed by atoms with Crippen molar-refractivity contribution >= 4 is 5.91 Å². The Bertz CT molecular complexity index is 769. The van der Waals surface area contributed by atoms with E-state index in [1.807, 2.05) is 24.3 Å². The predicted molar refractivity (Wildman–Crippen MR) is 102 cm³/mol. The molecule has 1 saturated heterocycles. The van der Waals surface area contributed by atoms with E-state index in [9.17, 15) is 9.18 Å². The maximum atomic E-state index is 14.0. The summed E-state index contributed by atoms with van der Waals surface area (Å²) in [5, 5.41) is 8.69. The van der Waals surface area contributed by atoms with E-state index in [4.69, 9.17) is 5.21 Å². The molecule has 0 aliphatic carbocycles. The van der Waals surface area contributed by atoms with Crippen molar-refractivity contribution in [2.75, 3.05) is 13.1 Å². The van der Waals surface area contributed by atoms with Gasteiger partial charge in [0.2, 0.25) is 0 Å². The molecule has 1 amide bonds. The molecule has 1 aliphatic rings. The quantitative estimate of drug-likeness (QED) is 0.627. The Kier molecular flexibility index (Phi) is 6.21. The average molecular weight is 371 g/mol. The SMILES string of the molecule is C[C@@H]1CN(Cc2ccc(C(=O)NO)cc2)C[C@H](C)N1Cc1ccccc1F. The topological polar surface area (TPSA) is 55.8 Å². The zero-order valence-electron chi connectivity index (χ0n) is 15.7. The fraction of sp³-hybridized carbons (Fsp3) is 0.381. The molecule has 6 heteroatoms. The number of hydrogen-bond donors (Lipinski definition) is 2. The summed E-state index contributed by atoms with van der Waals surface area (Å²) in [4.78, 5) is 16.1. The number of nitrogens with zero attached hydrogens (tertiary/aromatic N) is 2. The third kappa shape index (κ3) is 4.71. The minimum atomic E-state index is -0.509. The minimum Gasteiger partial charge on any atom is -0.296 e. The van der Waals surface area contributed by atoms with Crippen molar-refractivity contribution < 1.29 is 14.4 Å². The van der Waals surface area contributed by atoms with Crippen molar-refractivity contribution in [3.63, 3.8) is 0 Å². The van der Waals surface area contributed by atoms with Gasteiger partial charge in [-0.1, -0.05) is 30.3 Å². The van der Waals surface area contributed by atoms with E-state index < -0.39 is 5.91 Å². The molecule has 0 aromatic heterocycles. The van der Waals surface area contributed by atoms with Gasteiger partial charge in [-0.25, -0.2) is 9.87 Å². The standard InChI is InChI=1S/C21H26FN3O2/c1-15-11-24(13-17-7-9-18(10-8-17)21(26)23-27)12-16(2)25(15)14-19-5-3-4-6-20(19)22/h3-10,15-16,27H,11-14H2,1-2H3,(H,23,26)/t15-,16+. The zero-order chi connectivity index (χ0) is 19.4. The van der Waals surface area contributed by atoms with Gasteiger partial charge < -0.3 is 0 Å². The monoisotopic (exact) mass is 371 g/mol. The molecule has 2 aromatic rings. The van der Waals surface area contributed by atoms with Gasteiger partial charge in [0, 0.05) is 49.4 Å². The van der Waals surface area contributed by atoms with Gasteiger partial charge in [-0.3, -0.25) is 19.8 Å². The normalized spacial score (nSPS) is 21.2. The molecule has 1 fully saturated rings. The number of benzene rings is 2. The van der Waals surface area contributed by atoms with Crippen LogP contribution >= 0.6 is 0 Å². The number of hydrogen-bond acceptors (Lipinski definition) is 4. The molecule has 2 aromatic carbocycles.